The molecule has 0 unspecified atom stereocenters. The van der Waals surface area contributed by atoms with Gasteiger partial charge in [0.1, 0.15) is 5.75 Å². The third-order valence-electron chi connectivity index (χ3n) is 2.58. The highest BCUT2D eigenvalue weighted by Crippen LogP contribution is 2.32. The van der Waals surface area contributed by atoms with Crippen LogP contribution in [0.25, 0.3) is 0 Å². The van der Waals surface area contributed by atoms with Gasteiger partial charge in [-0.25, -0.2) is 0 Å². The SMILES string of the molecule is COc1c(C)cc(Cl)c(C)c1CCCS. The van der Waals surface area contributed by atoms with E-state index in [1.807, 2.05) is 19.9 Å². The van der Waals surface area contributed by atoms with E-state index in [0.29, 0.717) is 0 Å². The van der Waals surface area contributed by atoms with Crippen molar-refractivity contribution in [1.29, 1.82) is 0 Å². The van der Waals surface area contributed by atoms with Crippen LogP contribution in [0.4, 0.5) is 0 Å². The molecule has 0 fully saturated rings. The zero-order valence-corrected chi connectivity index (χ0v) is 11.1. The molecular formula is C12H17ClOS. The van der Waals surface area contributed by atoms with Crippen molar-refractivity contribution in [3.63, 3.8) is 0 Å². The van der Waals surface area contributed by atoms with Crippen LogP contribution in [0, 0.1) is 13.8 Å². The number of rotatable bonds is 4. The molecule has 3 heteroatoms. The molecule has 0 aromatic heterocycles. The molecule has 0 amide bonds. The third kappa shape index (κ3) is 2.82. The number of methoxy groups -OCH3 is 1. The molecule has 15 heavy (non-hydrogen) atoms. The predicted octanol–water partition coefficient (Wildman–Crippen LogP) is 3.83. The van der Waals surface area contributed by atoms with E-state index in [9.17, 15) is 0 Å². The smallest absolute Gasteiger partial charge is 0.125 e. The maximum atomic E-state index is 6.15. The lowest BCUT2D eigenvalue weighted by Crippen LogP contribution is -1.99. The second-order valence-electron chi connectivity index (χ2n) is 3.64. The summed E-state index contributed by atoms with van der Waals surface area (Å²) in [6.45, 7) is 4.06. The van der Waals surface area contributed by atoms with E-state index in [4.69, 9.17) is 16.3 Å². The zero-order chi connectivity index (χ0) is 11.4. The van der Waals surface area contributed by atoms with E-state index in [0.717, 1.165) is 40.5 Å². The Bertz CT molecular complexity index is 350. The Morgan fingerprint density at radius 1 is 1.40 bits per heavy atom. The van der Waals surface area contributed by atoms with Gasteiger partial charge in [0.05, 0.1) is 7.11 Å². The number of hydrogen-bond donors (Lipinski definition) is 1. The minimum Gasteiger partial charge on any atom is -0.496 e. The molecule has 1 aromatic carbocycles. The van der Waals surface area contributed by atoms with Gasteiger partial charge < -0.3 is 4.74 Å². The quantitative estimate of drug-likeness (QED) is 0.793. The van der Waals surface area contributed by atoms with Crippen molar-refractivity contribution in [3.8, 4) is 5.75 Å². The summed E-state index contributed by atoms with van der Waals surface area (Å²) in [6.07, 6.45) is 2.01. The Morgan fingerprint density at radius 3 is 2.60 bits per heavy atom. The first kappa shape index (κ1) is 12.7. The number of aryl methyl sites for hydroxylation is 1. The first-order valence-corrected chi connectivity index (χ1v) is 6.06. The van der Waals surface area contributed by atoms with Crippen LogP contribution in [0.5, 0.6) is 5.75 Å². The molecule has 0 aliphatic heterocycles. The van der Waals surface area contributed by atoms with Crippen molar-refractivity contribution < 1.29 is 4.74 Å². The number of ether oxygens (including phenoxy) is 1. The maximum Gasteiger partial charge on any atom is 0.125 e. The van der Waals surface area contributed by atoms with Crippen LogP contribution in [-0.2, 0) is 6.42 Å². The van der Waals surface area contributed by atoms with Gasteiger partial charge in [-0.3, -0.25) is 0 Å². The molecule has 0 N–H and O–H groups in total. The summed E-state index contributed by atoms with van der Waals surface area (Å²) in [5.74, 6) is 1.85. The summed E-state index contributed by atoms with van der Waals surface area (Å²) in [6, 6.07) is 1.96. The number of hydrogen-bond acceptors (Lipinski definition) is 2. The molecule has 0 spiro atoms. The Labute approximate surface area is 102 Å². The lowest BCUT2D eigenvalue weighted by atomic mass is 10.00. The lowest BCUT2D eigenvalue weighted by Gasteiger charge is -2.15. The molecule has 0 aliphatic carbocycles. The summed E-state index contributed by atoms with van der Waals surface area (Å²) >= 11 is 10.4. The van der Waals surface area contributed by atoms with Crippen molar-refractivity contribution in [2.45, 2.75) is 26.7 Å². The van der Waals surface area contributed by atoms with Gasteiger partial charge in [0, 0.05) is 5.02 Å². The molecule has 1 nitrogen and oxygen atoms in total. The Kier molecular flexibility index (Phi) is 4.81. The van der Waals surface area contributed by atoms with Gasteiger partial charge in [0.25, 0.3) is 0 Å². The predicted molar refractivity (Wildman–Crippen MR) is 69.7 cm³/mol. The van der Waals surface area contributed by atoms with Crippen molar-refractivity contribution in [3.05, 3.63) is 27.8 Å². The zero-order valence-electron chi connectivity index (χ0n) is 9.43. The third-order valence-corrected chi connectivity index (χ3v) is 3.28. The highest BCUT2D eigenvalue weighted by Gasteiger charge is 2.12. The van der Waals surface area contributed by atoms with Crippen molar-refractivity contribution in [1.82, 2.24) is 0 Å². The average molecular weight is 245 g/mol. The molecule has 84 valence electrons. The first-order chi connectivity index (χ1) is 7.11. The van der Waals surface area contributed by atoms with Crippen LogP contribution in [0.1, 0.15) is 23.1 Å². The molecule has 0 saturated carbocycles. The van der Waals surface area contributed by atoms with Crippen LogP contribution in [-0.4, -0.2) is 12.9 Å². The molecule has 0 aliphatic rings. The molecule has 0 bridgehead atoms. The number of benzene rings is 1. The van der Waals surface area contributed by atoms with E-state index in [1.165, 1.54) is 5.56 Å². The molecule has 1 aromatic rings. The van der Waals surface area contributed by atoms with Gasteiger partial charge >= 0.3 is 0 Å². The number of halogens is 1. The van der Waals surface area contributed by atoms with Crippen LogP contribution in [0.2, 0.25) is 5.02 Å². The normalized spacial score (nSPS) is 10.5. The Hall–Kier alpha value is -0.340. The summed E-state index contributed by atoms with van der Waals surface area (Å²) in [5.41, 5.74) is 3.44. The average Bonchev–Trinajstić information content (AvgIpc) is 2.21. The molecule has 1 rings (SSSR count). The maximum absolute atomic E-state index is 6.15. The van der Waals surface area contributed by atoms with Gasteiger partial charge in [0.15, 0.2) is 0 Å². The standard InChI is InChI=1S/C12H17ClOS/c1-8-7-11(13)9(2)10(5-4-6-15)12(8)14-3/h7,15H,4-6H2,1-3H3. The molecule has 0 atom stereocenters. The van der Waals surface area contributed by atoms with E-state index >= 15 is 0 Å². The summed E-state index contributed by atoms with van der Waals surface area (Å²) in [5, 5.41) is 0.822. The van der Waals surface area contributed by atoms with Gasteiger partial charge in [-0.15, -0.1) is 0 Å². The van der Waals surface area contributed by atoms with Gasteiger partial charge in [-0.2, -0.15) is 12.6 Å². The summed E-state index contributed by atoms with van der Waals surface area (Å²) in [7, 11) is 1.71. The fraction of sp³-hybridized carbons (Fsp3) is 0.500. The van der Waals surface area contributed by atoms with Crippen LogP contribution in [0.3, 0.4) is 0 Å². The fourth-order valence-electron chi connectivity index (χ4n) is 1.76. The highest BCUT2D eigenvalue weighted by atomic mass is 35.5. The topological polar surface area (TPSA) is 9.23 Å². The molecular weight excluding hydrogens is 228 g/mol. The molecule has 0 saturated heterocycles. The second kappa shape index (κ2) is 5.66. The fourth-order valence-corrected chi connectivity index (χ4v) is 2.19. The van der Waals surface area contributed by atoms with Crippen molar-refractivity contribution in [2.75, 3.05) is 12.9 Å². The van der Waals surface area contributed by atoms with Gasteiger partial charge in [0.2, 0.25) is 0 Å². The van der Waals surface area contributed by atoms with E-state index < -0.39 is 0 Å². The lowest BCUT2D eigenvalue weighted by molar-refractivity contribution is 0.406. The minimum absolute atomic E-state index is 0.822. The van der Waals surface area contributed by atoms with Crippen molar-refractivity contribution >= 4 is 24.2 Å². The summed E-state index contributed by atoms with van der Waals surface area (Å²) in [4.78, 5) is 0. The highest BCUT2D eigenvalue weighted by molar-refractivity contribution is 7.80. The first-order valence-electron chi connectivity index (χ1n) is 5.05. The minimum atomic E-state index is 0.822. The monoisotopic (exact) mass is 244 g/mol. The van der Waals surface area contributed by atoms with Gasteiger partial charge in [-0.1, -0.05) is 11.6 Å². The summed E-state index contributed by atoms with van der Waals surface area (Å²) < 4.78 is 5.43. The largest absolute Gasteiger partial charge is 0.496 e. The molecule has 0 radical (unpaired) electrons. The second-order valence-corrected chi connectivity index (χ2v) is 4.49. The Balaban J connectivity index is 3.18. The van der Waals surface area contributed by atoms with E-state index in [2.05, 4.69) is 12.6 Å². The van der Waals surface area contributed by atoms with Crippen LogP contribution in [0.15, 0.2) is 6.07 Å². The number of thiol groups is 1. The van der Waals surface area contributed by atoms with E-state index in [-0.39, 0.29) is 0 Å². The van der Waals surface area contributed by atoms with Crippen LogP contribution < -0.4 is 4.74 Å². The van der Waals surface area contributed by atoms with Gasteiger partial charge in [-0.05, 0) is 55.2 Å². The Morgan fingerprint density at radius 2 is 2.07 bits per heavy atom. The van der Waals surface area contributed by atoms with E-state index in [1.54, 1.807) is 7.11 Å². The molecule has 0 heterocycles. The van der Waals surface area contributed by atoms with Crippen molar-refractivity contribution in [2.24, 2.45) is 0 Å². The van der Waals surface area contributed by atoms with Crippen LogP contribution >= 0.6 is 24.2 Å².